The number of rotatable bonds is 1. The Bertz CT molecular complexity index is 607. The van der Waals surface area contributed by atoms with Crippen molar-refractivity contribution in [1.82, 2.24) is 9.78 Å². The van der Waals surface area contributed by atoms with Gasteiger partial charge < -0.3 is 5.11 Å². The monoisotopic (exact) mass is 285 g/mol. The average Bonchev–Trinajstić information content (AvgIpc) is 2.56. The number of hydrogen-bond acceptors (Lipinski definition) is 4. The summed E-state index contributed by atoms with van der Waals surface area (Å²) in [6.07, 6.45) is -1.25. The first-order chi connectivity index (χ1) is 7.50. The number of carbonyl (C=O) groups is 1. The van der Waals surface area contributed by atoms with Crippen LogP contribution in [0.3, 0.4) is 0 Å². The Morgan fingerprint density at radius 1 is 1.56 bits per heavy atom. The zero-order chi connectivity index (χ0) is 11.9. The van der Waals surface area contributed by atoms with Crippen molar-refractivity contribution in [3.63, 3.8) is 0 Å². The lowest BCUT2D eigenvalue weighted by atomic mass is 10.2. The summed E-state index contributed by atoms with van der Waals surface area (Å²) in [6, 6.07) is 3.85. The third-order valence-electron chi connectivity index (χ3n) is 2.01. The van der Waals surface area contributed by atoms with Gasteiger partial charge in [-0.3, -0.25) is 10.1 Å². The zero-order valence-corrected chi connectivity index (χ0v) is 9.21. The minimum Gasteiger partial charge on any atom is -0.463 e. The highest BCUT2D eigenvalue weighted by Gasteiger charge is 2.16. The molecule has 0 aliphatic heterocycles. The van der Waals surface area contributed by atoms with E-state index in [4.69, 9.17) is 5.11 Å². The van der Waals surface area contributed by atoms with E-state index in [2.05, 4.69) is 21.0 Å². The SMILES string of the molecule is O=C(O)n1nc(Br)c2cc([N+](=O)[O-])ccc21. The fraction of sp³-hybridized carbons (Fsp3) is 0. The van der Waals surface area contributed by atoms with Gasteiger partial charge in [-0.15, -0.1) is 0 Å². The second-order valence-corrected chi connectivity index (χ2v) is 3.69. The first-order valence-corrected chi connectivity index (χ1v) is 4.86. The fourth-order valence-corrected chi connectivity index (χ4v) is 1.81. The molecule has 0 fully saturated rings. The van der Waals surface area contributed by atoms with Gasteiger partial charge in [0.25, 0.3) is 5.69 Å². The van der Waals surface area contributed by atoms with Crippen LogP contribution >= 0.6 is 15.9 Å². The molecule has 82 valence electrons. The Balaban J connectivity index is 2.76. The summed E-state index contributed by atoms with van der Waals surface area (Å²) in [5, 5.41) is 23.5. The van der Waals surface area contributed by atoms with Gasteiger partial charge in [0.2, 0.25) is 0 Å². The normalized spacial score (nSPS) is 10.6. The lowest BCUT2D eigenvalue weighted by molar-refractivity contribution is -0.384. The van der Waals surface area contributed by atoms with Gasteiger partial charge in [0.1, 0.15) is 4.60 Å². The molecule has 1 aromatic heterocycles. The number of fused-ring (bicyclic) bond motifs is 1. The highest BCUT2D eigenvalue weighted by Crippen LogP contribution is 2.27. The van der Waals surface area contributed by atoms with Gasteiger partial charge in [0, 0.05) is 17.5 Å². The number of non-ortho nitro benzene ring substituents is 1. The van der Waals surface area contributed by atoms with Gasteiger partial charge in [-0.25, -0.2) is 4.79 Å². The van der Waals surface area contributed by atoms with E-state index in [0.717, 1.165) is 4.68 Å². The number of nitro benzene ring substituents is 1. The molecule has 0 saturated heterocycles. The first-order valence-electron chi connectivity index (χ1n) is 4.06. The van der Waals surface area contributed by atoms with Crippen LogP contribution in [0.15, 0.2) is 22.8 Å². The van der Waals surface area contributed by atoms with Crippen molar-refractivity contribution < 1.29 is 14.8 Å². The summed E-state index contributed by atoms with van der Waals surface area (Å²) in [7, 11) is 0. The summed E-state index contributed by atoms with van der Waals surface area (Å²) in [6.45, 7) is 0. The summed E-state index contributed by atoms with van der Waals surface area (Å²) < 4.78 is 1.01. The molecule has 7 nitrogen and oxygen atoms in total. The Morgan fingerprint density at radius 3 is 2.81 bits per heavy atom. The number of benzene rings is 1. The fourth-order valence-electron chi connectivity index (χ4n) is 1.33. The van der Waals surface area contributed by atoms with E-state index < -0.39 is 11.0 Å². The lowest BCUT2D eigenvalue weighted by Gasteiger charge is -1.94. The Kier molecular flexibility index (Phi) is 2.35. The van der Waals surface area contributed by atoms with Crippen molar-refractivity contribution in [1.29, 1.82) is 0 Å². The molecule has 0 amide bonds. The van der Waals surface area contributed by atoms with Crippen LogP contribution in [-0.4, -0.2) is 25.9 Å². The van der Waals surface area contributed by atoms with Crippen LogP contribution in [-0.2, 0) is 0 Å². The molecule has 0 aliphatic rings. The van der Waals surface area contributed by atoms with Crippen LogP contribution in [0.5, 0.6) is 0 Å². The lowest BCUT2D eigenvalue weighted by Crippen LogP contribution is -2.09. The maximum atomic E-state index is 10.8. The Hall–Kier alpha value is -1.96. The van der Waals surface area contributed by atoms with Crippen molar-refractivity contribution in [2.45, 2.75) is 0 Å². The molecule has 1 N–H and O–H groups in total. The van der Waals surface area contributed by atoms with E-state index in [0.29, 0.717) is 10.9 Å². The summed E-state index contributed by atoms with van der Waals surface area (Å²) >= 11 is 3.05. The highest BCUT2D eigenvalue weighted by molar-refractivity contribution is 9.10. The molecule has 0 atom stereocenters. The van der Waals surface area contributed by atoms with Gasteiger partial charge in [0.15, 0.2) is 0 Å². The van der Waals surface area contributed by atoms with E-state index >= 15 is 0 Å². The molecule has 2 rings (SSSR count). The van der Waals surface area contributed by atoms with E-state index in [1.165, 1.54) is 18.2 Å². The first kappa shape index (κ1) is 10.6. The van der Waals surface area contributed by atoms with Crippen molar-refractivity contribution in [3.05, 3.63) is 32.9 Å². The van der Waals surface area contributed by atoms with Crippen LogP contribution in [0.4, 0.5) is 10.5 Å². The van der Waals surface area contributed by atoms with Crippen molar-refractivity contribution >= 4 is 38.6 Å². The van der Waals surface area contributed by atoms with E-state index in [1.54, 1.807) is 0 Å². The Labute approximate surface area is 96.6 Å². The predicted molar refractivity (Wildman–Crippen MR) is 57.5 cm³/mol. The number of halogens is 1. The molecule has 0 unspecified atom stereocenters. The van der Waals surface area contributed by atoms with Crippen LogP contribution in [0.1, 0.15) is 0 Å². The van der Waals surface area contributed by atoms with Crippen molar-refractivity contribution in [2.75, 3.05) is 0 Å². The largest absolute Gasteiger partial charge is 0.463 e. The van der Waals surface area contributed by atoms with Crippen LogP contribution in [0, 0.1) is 10.1 Å². The standard InChI is InChI=1S/C8H4BrN3O4/c9-7-5-3-4(12(15)16)1-2-6(5)11(10-7)8(13)14/h1-3H,(H,13,14). The number of carboxylic acid groups (broad SMARTS) is 1. The molecular formula is C8H4BrN3O4. The minimum absolute atomic E-state index is 0.113. The zero-order valence-electron chi connectivity index (χ0n) is 7.62. The molecule has 0 saturated carbocycles. The number of nitrogens with zero attached hydrogens (tertiary/aromatic N) is 3. The molecular weight excluding hydrogens is 282 g/mol. The molecule has 16 heavy (non-hydrogen) atoms. The molecule has 0 radical (unpaired) electrons. The topological polar surface area (TPSA) is 98.3 Å². The van der Waals surface area contributed by atoms with Gasteiger partial charge >= 0.3 is 6.09 Å². The number of aromatic nitrogens is 2. The second kappa shape index (κ2) is 3.56. The van der Waals surface area contributed by atoms with E-state index in [-0.39, 0.29) is 10.3 Å². The molecule has 0 bridgehead atoms. The predicted octanol–water partition coefficient (Wildman–Crippen LogP) is 2.23. The van der Waals surface area contributed by atoms with E-state index in [1.807, 2.05) is 0 Å². The van der Waals surface area contributed by atoms with Gasteiger partial charge in [-0.1, -0.05) is 0 Å². The van der Waals surface area contributed by atoms with Gasteiger partial charge in [0.05, 0.1) is 10.4 Å². The third kappa shape index (κ3) is 1.52. The summed E-state index contributed by atoms with van der Waals surface area (Å²) in [5.74, 6) is 0. The quantitative estimate of drug-likeness (QED) is 0.640. The van der Waals surface area contributed by atoms with E-state index in [9.17, 15) is 14.9 Å². The van der Waals surface area contributed by atoms with Crippen molar-refractivity contribution in [2.24, 2.45) is 0 Å². The third-order valence-corrected chi connectivity index (χ3v) is 2.60. The molecule has 1 heterocycles. The summed E-state index contributed by atoms with van der Waals surface area (Å²) in [5.41, 5.74) is 0.183. The van der Waals surface area contributed by atoms with Gasteiger partial charge in [-0.05, 0) is 22.0 Å². The molecule has 1 aromatic carbocycles. The molecule has 8 heteroatoms. The van der Waals surface area contributed by atoms with Crippen LogP contribution in [0.25, 0.3) is 10.9 Å². The maximum absolute atomic E-state index is 10.8. The van der Waals surface area contributed by atoms with Crippen LogP contribution < -0.4 is 0 Å². The minimum atomic E-state index is -1.25. The molecule has 0 spiro atoms. The smallest absolute Gasteiger partial charge is 0.432 e. The number of hydrogen-bond donors (Lipinski definition) is 1. The average molecular weight is 286 g/mol. The van der Waals surface area contributed by atoms with Crippen molar-refractivity contribution in [3.8, 4) is 0 Å². The maximum Gasteiger partial charge on any atom is 0.432 e. The number of nitro groups is 1. The summed E-state index contributed by atoms with van der Waals surface area (Å²) in [4.78, 5) is 20.8. The second-order valence-electron chi connectivity index (χ2n) is 2.94. The Morgan fingerprint density at radius 2 is 2.25 bits per heavy atom. The van der Waals surface area contributed by atoms with Gasteiger partial charge in [-0.2, -0.15) is 9.78 Å². The molecule has 2 aromatic rings. The van der Waals surface area contributed by atoms with Crippen LogP contribution in [0.2, 0.25) is 0 Å². The molecule has 0 aliphatic carbocycles. The highest BCUT2D eigenvalue weighted by atomic mass is 79.9.